The van der Waals surface area contributed by atoms with Crippen LogP contribution >= 0.6 is 15.6 Å². The molecule has 36 heavy (non-hydrogen) atoms. The number of aromatic amines is 1. The van der Waals surface area contributed by atoms with Crippen molar-refractivity contribution in [2.45, 2.75) is 55.4 Å². The molecule has 2 fully saturated rings. The third kappa shape index (κ3) is 6.18. The van der Waals surface area contributed by atoms with Gasteiger partial charge in [0.05, 0.1) is 6.61 Å². The van der Waals surface area contributed by atoms with Gasteiger partial charge in [-0.15, -0.1) is 0 Å². The van der Waals surface area contributed by atoms with Crippen LogP contribution in [0.25, 0.3) is 0 Å². The number of rotatable bonds is 9. The monoisotopic (exact) mass is 566 g/mol. The van der Waals surface area contributed by atoms with E-state index in [4.69, 9.17) is 19.1 Å². The lowest BCUT2D eigenvalue weighted by molar-refractivity contribution is -0.280. The number of hydrogen-bond donors (Lipinski definition) is 8. The van der Waals surface area contributed by atoms with Crippen molar-refractivity contribution >= 4 is 15.6 Å². The first-order chi connectivity index (χ1) is 16.7. The van der Waals surface area contributed by atoms with Crippen molar-refractivity contribution in [2.75, 3.05) is 13.7 Å². The summed E-state index contributed by atoms with van der Waals surface area (Å²) in [5, 5.41) is 59.0. The minimum Gasteiger partial charge on any atom is -0.394 e. The summed E-state index contributed by atoms with van der Waals surface area (Å²) in [7, 11) is -10.1. The molecule has 0 bridgehead atoms. The van der Waals surface area contributed by atoms with Gasteiger partial charge in [0.2, 0.25) is 0 Å². The van der Waals surface area contributed by atoms with Gasteiger partial charge < -0.3 is 45.0 Å². The minimum absolute atomic E-state index is 0.663. The van der Waals surface area contributed by atoms with Gasteiger partial charge in [-0.2, -0.15) is 4.31 Å². The van der Waals surface area contributed by atoms with Crippen LogP contribution in [0.5, 0.6) is 0 Å². The smallest absolute Gasteiger partial charge is 0.394 e. The Morgan fingerprint density at radius 3 is 2.17 bits per heavy atom. The Morgan fingerprint density at radius 2 is 1.58 bits per heavy atom. The first-order valence-corrected chi connectivity index (χ1v) is 12.9. The molecule has 8 N–H and O–H groups in total. The first kappa shape index (κ1) is 29.2. The van der Waals surface area contributed by atoms with Crippen LogP contribution in [0.4, 0.5) is 0 Å². The molecule has 0 radical (unpaired) electrons. The Labute approximate surface area is 200 Å². The molecule has 2 saturated heterocycles. The standard InChI is InChI=1S/C15H24N2O17P2/c1-29-36(28,34-35(26,27)32-13-10(23)8(21)7(20)5(4-18)30-13)33-14-11(24)9(22)12(31-14)17-3-2-6(19)16-15(17)25/h2-3,5,7-14,18,20-24H,4H2,1H3,(H,26,27)(H,16,19,25)/t5-,7-,8+,9-,10-,11+,12-,13-,14-,36?/m1/s1. The van der Waals surface area contributed by atoms with Crippen molar-refractivity contribution in [2.24, 2.45) is 0 Å². The number of aliphatic hydroxyl groups excluding tert-OH is 6. The first-order valence-electron chi connectivity index (χ1n) is 9.92. The second-order valence-corrected chi connectivity index (χ2v) is 10.8. The molecule has 2 unspecified atom stereocenters. The highest BCUT2D eigenvalue weighted by Gasteiger charge is 2.52. The molecule has 0 aromatic carbocycles. The highest BCUT2D eigenvalue weighted by molar-refractivity contribution is 7.61. The van der Waals surface area contributed by atoms with Gasteiger partial charge in [-0.3, -0.25) is 27.9 Å². The van der Waals surface area contributed by atoms with Crippen LogP contribution in [0.15, 0.2) is 21.9 Å². The maximum atomic E-state index is 12.8. The highest BCUT2D eigenvalue weighted by Crippen LogP contribution is 2.65. The maximum Gasteiger partial charge on any atom is 0.485 e. The number of phosphoric ester groups is 2. The molecule has 21 heteroatoms. The maximum absolute atomic E-state index is 12.8. The summed E-state index contributed by atoms with van der Waals surface area (Å²) in [6, 6.07) is 0.902. The zero-order valence-electron chi connectivity index (χ0n) is 18.1. The second-order valence-electron chi connectivity index (χ2n) is 7.48. The largest absolute Gasteiger partial charge is 0.485 e. The molecular formula is C15H24N2O17P2. The quantitative estimate of drug-likeness (QED) is 0.132. The molecule has 2 aliphatic rings. The second kappa shape index (κ2) is 11.2. The topological polar surface area (TPSA) is 286 Å². The molecule has 0 amide bonds. The minimum atomic E-state index is -5.57. The van der Waals surface area contributed by atoms with E-state index in [9.17, 15) is 49.1 Å². The summed E-state index contributed by atoms with van der Waals surface area (Å²) in [5.41, 5.74) is -1.81. The lowest BCUT2D eigenvalue weighted by atomic mass is 10.00. The van der Waals surface area contributed by atoms with Crippen LogP contribution in [0.2, 0.25) is 0 Å². The summed E-state index contributed by atoms with van der Waals surface area (Å²) < 4.78 is 54.2. The molecule has 0 spiro atoms. The Bertz CT molecular complexity index is 1120. The van der Waals surface area contributed by atoms with E-state index in [-0.39, 0.29) is 0 Å². The fourth-order valence-electron chi connectivity index (χ4n) is 3.23. The van der Waals surface area contributed by atoms with Gasteiger partial charge in [-0.1, -0.05) is 0 Å². The summed E-state index contributed by atoms with van der Waals surface area (Å²) >= 11 is 0. The van der Waals surface area contributed by atoms with E-state index >= 15 is 0 Å². The van der Waals surface area contributed by atoms with E-state index in [0.29, 0.717) is 11.7 Å². The fourth-order valence-corrected chi connectivity index (χ4v) is 5.76. The lowest BCUT2D eigenvalue weighted by Crippen LogP contribution is -2.58. The number of nitrogens with one attached hydrogen (secondary N) is 1. The van der Waals surface area contributed by atoms with E-state index in [2.05, 4.69) is 13.4 Å². The molecule has 2 aliphatic heterocycles. The molecule has 206 valence electrons. The molecule has 0 aliphatic carbocycles. The van der Waals surface area contributed by atoms with Crippen molar-refractivity contribution in [3.63, 3.8) is 0 Å². The predicted octanol–water partition coefficient (Wildman–Crippen LogP) is -4.18. The van der Waals surface area contributed by atoms with Crippen molar-refractivity contribution in [1.29, 1.82) is 0 Å². The van der Waals surface area contributed by atoms with E-state index < -0.39 is 88.9 Å². The lowest BCUT2D eigenvalue weighted by Gasteiger charge is -2.39. The molecule has 0 saturated carbocycles. The van der Waals surface area contributed by atoms with Crippen molar-refractivity contribution in [3.05, 3.63) is 33.1 Å². The Kier molecular flexibility index (Phi) is 9.05. The van der Waals surface area contributed by atoms with Gasteiger partial charge in [0, 0.05) is 19.4 Å². The number of hydrogen-bond acceptors (Lipinski definition) is 16. The number of ether oxygens (including phenoxy) is 2. The molecule has 3 rings (SSSR count). The van der Waals surface area contributed by atoms with Crippen molar-refractivity contribution in [1.82, 2.24) is 9.55 Å². The molecule has 1 aromatic rings. The van der Waals surface area contributed by atoms with E-state index in [1.54, 1.807) is 0 Å². The van der Waals surface area contributed by atoms with Crippen molar-refractivity contribution < 1.29 is 72.0 Å². The summed E-state index contributed by atoms with van der Waals surface area (Å²) in [6.45, 7) is -0.889. The van der Waals surface area contributed by atoms with E-state index in [1.807, 2.05) is 4.98 Å². The molecule has 11 atom stereocenters. The predicted molar refractivity (Wildman–Crippen MR) is 109 cm³/mol. The van der Waals surface area contributed by atoms with Gasteiger partial charge >= 0.3 is 21.3 Å². The van der Waals surface area contributed by atoms with Crippen LogP contribution in [0.3, 0.4) is 0 Å². The Morgan fingerprint density at radius 1 is 0.972 bits per heavy atom. The zero-order valence-corrected chi connectivity index (χ0v) is 19.9. The van der Waals surface area contributed by atoms with Crippen LogP contribution in [0.1, 0.15) is 6.23 Å². The zero-order chi connectivity index (χ0) is 27.0. The fraction of sp³-hybridized carbons (Fsp3) is 0.733. The number of aliphatic hydroxyl groups is 6. The number of aromatic nitrogens is 2. The van der Waals surface area contributed by atoms with Gasteiger partial charge in [-0.05, 0) is 0 Å². The van der Waals surface area contributed by atoms with Gasteiger partial charge in [0.1, 0.15) is 36.6 Å². The van der Waals surface area contributed by atoms with Gasteiger partial charge in [0.25, 0.3) is 5.56 Å². The van der Waals surface area contributed by atoms with Crippen LogP contribution in [-0.2, 0) is 36.5 Å². The average Bonchev–Trinajstić information content (AvgIpc) is 3.07. The SMILES string of the molecule is COP(=O)(O[C@H]1O[C@@H](n2ccc(=O)[nH]c2=O)[C@H](O)[C@@H]1O)OP(=O)(O)O[C@H]1O[C@H](CO)[C@@H](O)[C@H](O)[C@H]1O. The number of phosphoric acid groups is 2. The molecule has 19 nitrogen and oxygen atoms in total. The van der Waals surface area contributed by atoms with Crippen molar-refractivity contribution in [3.8, 4) is 0 Å². The Balaban J connectivity index is 1.73. The average molecular weight is 566 g/mol. The van der Waals surface area contributed by atoms with Crippen LogP contribution < -0.4 is 11.2 Å². The van der Waals surface area contributed by atoms with E-state index in [0.717, 1.165) is 12.3 Å². The third-order valence-corrected chi connectivity index (χ3v) is 8.08. The highest BCUT2D eigenvalue weighted by atomic mass is 31.3. The normalized spacial score (nSPS) is 38.4. The molecule has 3 heterocycles. The van der Waals surface area contributed by atoms with Crippen LogP contribution in [0, 0.1) is 0 Å². The molecular weight excluding hydrogens is 542 g/mol. The Hall–Kier alpha value is -1.38. The summed E-state index contributed by atoms with van der Waals surface area (Å²) in [4.78, 5) is 35.0. The van der Waals surface area contributed by atoms with Gasteiger partial charge in [0.15, 0.2) is 18.8 Å². The third-order valence-electron chi connectivity index (χ3n) is 5.07. The number of nitrogens with zero attached hydrogens (tertiary/aromatic N) is 1. The van der Waals surface area contributed by atoms with Gasteiger partial charge in [-0.25, -0.2) is 13.9 Å². The van der Waals surface area contributed by atoms with Crippen LogP contribution in [-0.4, -0.2) is 108 Å². The summed E-state index contributed by atoms with van der Waals surface area (Å²) in [5.74, 6) is 0. The van der Waals surface area contributed by atoms with E-state index in [1.165, 1.54) is 0 Å². The number of H-pyrrole nitrogens is 1. The molecule has 1 aromatic heterocycles. The summed E-state index contributed by atoms with van der Waals surface area (Å²) in [6.07, 6.45) is -16.4.